The summed E-state index contributed by atoms with van der Waals surface area (Å²) in [6, 6.07) is -2.85. The Labute approximate surface area is 415 Å². The molecule has 0 aliphatic heterocycles. The third-order valence-electron chi connectivity index (χ3n) is 16.0. The fourth-order valence-corrected chi connectivity index (χ4v) is 12.0. The zero-order chi connectivity index (χ0) is 52.5. The Bertz CT molecular complexity index is 1820. The van der Waals surface area contributed by atoms with Crippen molar-refractivity contribution in [2.45, 2.75) is 141 Å². The lowest BCUT2D eigenvalue weighted by molar-refractivity contribution is -0.207. The van der Waals surface area contributed by atoms with Gasteiger partial charge in [0.2, 0.25) is 35.4 Å². The summed E-state index contributed by atoms with van der Waals surface area (Å²) in [4.78, 5) is 97.9. The summed E-state index contributed by atoms with van der Waals surface area (Å²) in [7, 11) is 2.83. The zero-order valence-corrected chi connectivity index (χ0v) is 41.9. The molecule has 0 aromatic heterocycles. The molecule has 0 aromatic rings. The smallest absolute Gasteiger partial charge is 0.326 e. The topological polar surface area (TPSA) is 347 Å². The van der Waals surface area contributed by atoms with E-state index in [0.29, 0.717) is 25.7 Å². The van der Waals surface area contributed by atoms with E-state index in [4.69, 9.17) is 18.9 Å². The molecule has 13 atom stereocenters. The van der Waals surface area contributed by atoms with E-state index in [0.717, 1.165) is 25.7 Å². The summed E-state index contributed by atoms with van der Waals surface area (Å²) in [6.45, 7) is 5.73. The quantitative estimate of drug-likeness (QED) is 0.0309. The van der Waals surface area contributed by atoms with Crippen molar-refractivity contribution in [3.63, 3.8) is 0 Å². The lowest BCUT2D eigenvalue weighted by atomic mass is 9.43. The number of carbonyl (C=O) groups excluding carboxylic acids is 6. The van der Waals surface area contributed by atoms with Crippen LogP contribution in [0, 0.1) is 46.3 Å². The number of carboxylic acids is 2. The largest absolute Gasteiger partial charge is 0.480 e. The third-order valence-corrected chi connectivity index (χ3v) is 16.0. The second kappa shape index (κ2) is 28.1. The van der Waals surface area contributed by atoms with Crippen LogP contribution in [0.3, 0.4) is 0 Å². The molecular formula is C48H80N6O17. The van der Waals surface area contributed by atoms with Crippen LogP contribution >= 0.6 is 0 Å². The standard InChI is InChI=1S/C48H80N6O17/c1-27(30-7-8-31-44-32(22-36(57)48(30,31)3)47(2)15-14-29(55)20-28(47)21-35(44)56)6-11-38(59)53-34(46(66)67)10-13-39(60)54-33(45(64)65)9-12-37(58)49-16-17-70-18-19-71-26-42(63)51-24-40(61)50-23-41(62)52-25-43(68-4)69-5/h27-36,43-44,55-57H,6-26H2,1-5H3,(H,49,58)(H,50,61)(H,51,63)(H,52,62)(H,53,59)(H,54,60)(H,64,65)(H,66,67)/t27-,28+,29-,30-,31+,32+,33+,34+,35-,36+,44+,47+,48-/m1/s1. The van der Waals surface area contributed by atoms with Gasteiger partial charge in [0.15, 0.2) is 6.29 Å². The molecule has 4 rings (SSSR count). The second-order valence-corrected chi connectivity index (χ2v) is 20.3. The van der Waals surface area contributed by atoms with Crippen LogP contribution in [0.5, 0.6) is 0 Å². The van der Waals surface area contributed by atoms with Gasteiger partial charge in [-0.1, -0.05) is 20.8 Å². The molecular weight excluding hydrogens is 933 g/mol. The molecule has 23 nitrogen and oxygen atoms in total. The first-order chi connectivity index (χ1) is 33.6. The number of nitrogens with one attached hydrogen (secondary N) is 6. The summed E-state index contributed by atoms with van der Waals surface area (Å²) in [5.74, 6) is -5.55. The number of hydrogen-bond donors (Lipinski definition) is 11. The molecule has 0 radical (unpaired) electrons. The van der Waals surface area contributed by atoms with Crippen molar-refractivity contribution in [1.29, 1.82) is 0 Å². The Morgan fingerprint density at radius 2 is 1.21 bits per heavy atom. The molecule has 23 heteroatoms. The van der Waals surface area contributed by atoms with Gasteiger partial charge < -0.3 is 76.4 Å². The van der Waals surface area contributed by atoms with Crippen LogP contribution in [0.4, 0.5) is 0 Å². The van der Waals surface area contributed by atoms with Crippen molar-refractivity contribution >= 4 is 47.4 Å². The van der Waals surface area contributed by atoms with Gasteiger partial charge in [-0.3, -0.25) is 28.8 Å². The van der Waals surface area contributed by atoms with Crippen LogP contribution in [0.15, 0.2) is 0 Å². The third kappa shape index (κ3) is 16.8. The Kier molecular flexibility index (Phi) is 23.3. The van der Waals surface area contributed by atoms with E-state index in [1.54, 1.807) is 0 Å². The summed E-state index contributed by atoms with van der Waals surface area (Å²) in [5, 5.41) is 68.0. The number of aliphatic hydroxyl groups excluding tert-OH is 3. The highest BCUT2D eigenvalue weighted by atomic mass is 16.7. The highest BCUT2D eigenvalue weighted by Gasteiger charge is 2.65. The molecule has 0 heterocycles. The normalized spacial score (nSPS) is 29.0. The fourth-order valence-electron chi connectivity index (χ4n) is 12.0. The Morgan fingerprint density at radius 1 is 0.634 bits per heavy atom. The van der Waals surface area contributed by atoms with Gasteiger partial charge >= 0.3 is 11.9 Å². The first-order valence-electron chi connectivity index (χ1n) is 25.0. The summed E-state index contributed by atoms with van der Waals surface area (Å²) in [5.41, 5.74) is -0.507. The maximum Gasteiger partial charge on any atom is 0.326 e. The maximum atomic E-state index is 13.1. The lowest BCUT2D eigenvalue weighted by Crippen LogP contribution is -2.62. The number of amides is 6. The van der Waals surface area contributed by atoms with Crippen LogP contribution in [0.25, 0.3) is 0 Å². The van der Waals surface area contributed by atoms with Gasteiger partial charge in [-0.2, -0.15) is 0 Å². The minimum atomic E-state index is -1.44. The van der Waals surface area contributed by atoms with Crippen molar-refractivity contribution in [3.8, 4) is 0 Å². The van der Waals surface area contributed by atoms with Gasteiger partial charge in [0.05, 0.1) is 57.8 Å². The van der Waals surface area contributed by atoms with Crippen LogP contribution in [-0.2, 0) is 57.3 Å². The molecule has 404 valence electrons. The number of carboxylic acid groups (broad SMARTS) is 2. The second-order valence-electron chi connectivity index (χ2n) is 20.3. The maximum absolute atomic E-state index is 13.1. The van der Waals surface area contributed by atoms with Crippen LogP contribution in [-0.4, -0.2) is 176 Å². The predicted octanol–water partition coefficient (Wildman–Crippen LogP) is -0.820. The van der Waals surface area contributed by atoms with E-state index < -0.39 is 89.8 Å². The van der Waals surface area contributed by atoms with Crippen LogP contribution in [0.1, 0.15) is 104 Å². The van der Waals surface area contributed by atoms with E-state index >= 15 is 0 Å². The number of ether oxygens (including phenoxy) is 4. The number of hydrogen-bond acceptors (Lipinski definition) is 15. The fraction of sp³-hybridized carbons (Fsp3) is 0.833. The Balaban J connectivity index is 1.07. The Morgan fingerprint density at radius 3 is 1.83 bits per heavy atom. The molecule has 6 amide bonds. The minimum absolute atomic E-state index is 0.0104. The van der Waals surface area contributed by atoms with Gasteiger partial charge in [-0.05, 0) is 111 Å². The van der Waals surface area contributed by atoms with Gasteiger partial charge in [-0.15, -0.1) is 0 Å². The number of aliphatic hydroxyl groups is 3. The van der Waals surface area contributed by atoms with Crippen molar-refractivity contribution in [3.05, 3.63) is 0 Å². The molecule has 0 aromatic carbocycles. The summed E-state index contributed by atoms with van der Waals surface area (Å²) >= 11 is 0. The van der Waals surface area contributed by atoms with E-state index in [1.807, 2.05) is 0 Å². The average molecular weight is 1010 g/mol. The first kappa shape index (κ1) is 59.0. The van der Waals surface area contributed by atoms with Crippen molar-refractivity contribution in [2.75, 3.05) is 66.8 Å². The molecule has 4 fully saturated rings. The number of carbonyl (C=O) groups is 8. The molecule has 0 spiro atoms. The van der Waals surface area contributed by atoms with Crippen LogP contribution in [0.2, 0.25) is 0 Å². The monoisotopic (exact) mass is 1010 g/mol. The molecule has 4 aliphatic rings. The zero-order valence-electron chi connectivity index (χ0n) is 41.9. The van der Waals surface area contributed by atoms with Gasteiger partial charge in [0, 0.05) is 40.0 Å². The predicted molar refractivity (Wildman–Crippen MR) is 251 cm³/mol. The van der Waals surface area contributed by atoms with E-state index in [1.165, 1.54) is 14.2 Å². The highest BCUT2D eigenvalue weighted by Crippen LogP contribution is 2.68. The molecule has 4 saturated carbocycles. The van der Waals surface area contributed by atoms with Gasteiger partial charge in [0.1, 0.15) is 18.7 Å². The van der Waals surface area contributed by atoms with Crippen molar-refractivity contribution < 1.29 is 82.8 Å². The molecule has 4 aliphatic carbocycles. The lowest BCUT2D eigenvalue weighted by Gasteiger charge is -2.63. The highest BCUT2D eigenvalue weighted by molar-refractivity contribution is 5.88. The molecule has 0 saturated heterocycles. The number of methoxy groups -OCH3 is 2. The first-order valence-corrected chi connectivity index (χ1v) is 25.0. The van der Waals surface area contributed by atoms with E-state index in [2.05, 4.69) is 52.7 Å². The molecule has 71 heavy (non-hydrogen) atoms. The van der Waals surface area contributed by atoms with Crippen molar-refractivity contribution in [1.82, 2.24) is 31.9 Å². The molecule has 0 unspecified atom stereocenters. The van der Waals surface area contributed by atoms with Gasteiger partial charge in [0.25, 0.3) is 0 Å². The minimum Gasteiger partial charge on any atom is -0.480 e. The average Bonchev–Trinajstić information content (AvgIpc) is 3.69. The summed E-state index contributed by atoms with van der Waals surface area (Å²) < 4.78 is 20.4. The van der Waals surface area contributed by atoms with E-state index in [-0.39, 0.29) is 125 Å². The number of rotatable bonds is 30. The van der Waals surface area contributed by atoms with Crippen molar-refractivity contribution in [2.24, 2.45) is 46.3 Å². The number of aliphatic carboxylic acids is 2. The van der Waals surface area contributed by atoms with E-state index in [9.17, 15) is 63.9 Å². The Hall–Kier alpha value is -4.52. The molecule has 11 N–H and O–H groups in total. The van der Waals surface area contributed by atoms with Gasteiger partial charge in [-0.25, -0.2) is 9.59 Å². The molecule has 0 bridgehead atoms. The number of fused-ring (bicyclic) bond motifs is 5. The summed E-state index contributed by atoms with van der Waals surface area (Å²) in [6.07, 6.45) is 2.41. The SMILES string of the molecule is COC(CNC(=O)CNC(=O)CNC(=O)COCCOCCNC(=O)CC[C@H](NC(=O)CC[C@H](NC(=O)CC[C@@H](C)[C@H]1CC[C@H]2[C@@H]3[C@H](O)C[C@@H]4C[C@H](O)CC[C@]4(C)[C@H]3C[C@H](O)[C@]12C)C(=O)O)C(=O)O)OC. The van der Waals surface area contributed by atoms with Crippen LogP contribution < -0.4 is 31.9 Å².